The fourth-order valence-corrected chi connectivity index (χ4v) is 1.39. The highest BCUT2D eigenvalue weighted by Gasteiger charge is 2.13. The van der Waals surface area contributed by atoms with Crippen molar-refractivity contribution in [2.24, 2.45) is 0 Å². The minimum atomic E-state index is -1.46. The summed E-state index contributed by atoms with van der Waals surface area (Å²) in [6.07, 6.45) is 0. The van der Waals surface area contributed by atoms with Gasteiger partial charge in [-0.25, -0.2) is 0 Å². The molecule has 0 unspecified atom stereocenters. The van der Waals surface area contributed by atoms with Crippen molar-refractivity contribution < 1.29 is 14.8 Å². The molecule has 0 saturated carbocycles. The molecule has 2 aromatic rings. The van der Waals surface area contributed by atoms with Crippen LogP contribution in [0.3, 0.4) is 0 Å². The molecule has 0 amide bonds. The number of hydrogen-bond donors (Lipinski definition) is 3. The highest BCUT2D eigenvalue weighted by molar-refractivity contribution is 6.58. The van der Waals surface area contributed by atoms with Gasteiger partial charge < -0.3 is 19.8 Å². The van der Waals surface area contributed by atoms with Crippen molar-refractivity contribution >= 4 is 23.6 Å². The van der Waals surface area contributed by atoms with E-state index >= 15 is 0 Å². The van der Waals surface area contributed by atoms with Crippen LogP contribution in [0.2, 0.25) is 0 Å². The summed E-state index contributed by atoms with van der Waals surface area (Å²) in [5, 5.41) is 18.8. The molecule has 4 nitrogen and oxygen atoms in total. The molecule has 0 radical (unpaired) electrons. The zero-order valence-corrected chi connectivity index (χ0v) is 7.69. The summed E-state index contributed by atoms with van der Waals surface area (Å²) in [6, 6.07) is 7.18. The summed E-state index contributed by atoms with van der Waals surface area (Å²) in [6.45, 7) is 0. The molecule has 0 fully saturated rings. The van der Waals surface area contributed by atoms with Crippen LogP contribution in [0.4, 0.5) is 0 Å². The molecule has 5 heteroatoms. The number of rotatable bonds is 2. The summed E-state index contributed by atoms with van der Waals surface area (Å²) >= 11 is 0. The average molecular weight is 191 g/mol. The molecular weight excluding hydrogens is 181 g/mol. The smallest absolute Gasteiger partial charge is 0.497 e. The number of nitrogens with one attached hydrogen (secondary N) is 1. The highest BCUT2D eigenvalue weighted by atomic mass is 16.5. The number of hydrogen-bond acceptors (Lipinski definition) is 3. The van der Waals surface area contributed by atoms with Gasteiger partial charge in [-0.15, -0.1) is 0 Å². The molecule has 1 aromatic carbocycles. The predicted molar refractivity (Wildman–Crippen MR) is 54.7 cm³/mol. The van der Waals surface area contributed by atoms with E-state index in [9.17, 15) is 0 Å². The van der Waals surface area contributed by atoms with Gasteiger partial charge in [0.2, 0.25) is 0 Å². The van der Waals surface area contributed by atoms with Gasteiger partial charge in [-0.1, -0.05) is 0 Å². The standard InChI is InChI=1S/C9H10BNO3/c1-14-7-3-2-6-4-9(10(12)13)11-8(6)5-7/h2-5,11-13H,1H3. The quantitative estimate of drug-likeness (QED) is 0.578. The predicted octanol–water partition coefficient (Wildman–Crippen LogP) is -0.144. The summed E-state index contributed by atoms with van der Waals surface area (Å²) < 4.78 is 5.05. The Labute approximate surface area is 81.3 Å². The van der Waals surface area contributed by atoms with E-state index in [1.54, 1.807) is 19.2 Å². The third-order valence-electron chi connectivity index (χ3n) is 2.13. The molecule has 0 bridgehead atoms. The molecule has 1 heterocycles. The fraction of sp³-hybridized carbons (Fsp3) is 0.111. The van der Waals surface area contributed by atoms with Crippen molar-refractivity contribution in [3.63, 3.8) is 0 Å². The third kappa shape index (κ3) is 1.47. The van der Waals surface area contributed by atoms with E-state index in [2.05, 4.69) is 4.98 Å². The number of ether oxygens (including phenoxy) is 1. The summed E-state index contributed by atoms with van der Waals surface area (Å²) in [7, 11) is 0.125. The van der Waals surface area contributed by atoms with Gasteiger partial charge in [-0.05, 0) is 23.6 Å². The van der Waals surface area contributed by atoms with Crippen LogP contribution in [0.15, 0.2) is 24.3 Å². The molecule has 0 spiro atoms. The Morgan fingerprint density at radius 1 is 1.29 bits per heavy atom. The minimum Gasteiger partial charge on any atom is -0.497 e. The van der Waals surface area contributed by atoms with Crippen LogP contribution in [-0.2, 0) is 0 Å². The lowest BCUT2D eigenvalue weighted by Crippen LogP contribution is -2.30. The third-order valence-corrected chi connectivity index (χ3v) is 2.13. The van der Waals surface area contributed by atoms with Crippen LogP contribution in [-0.4, -0.2) is 29.3 Å². The van der Waals surface area contributed by atoms with Crippen molar-refractivity contribution in [2.75, 3.05) is 7.11 Å². The summed E-state index contributed by atoms with van der Waals surface area (Å²) in [5.74, 6) is 0.735. The molecule has 14 heavy (non-hydrogen) atoms. The topological polar surface area (TPSA) is 65.5 Å². The monoisotopic (exact) mass is 191 g/mol. The van der Waals surface area contributed by atoms with Crippen LogP contribution in [0.1, 0.15) is 0 Å². The maximum atomic E-state index is 8.94. The normalized spacial score (nSPS) is 10.5. The Morgan fingerprint density at radius 2 is 2.07 bits per heavy atom. The van der Waals surface area contributed by atoms with Crippen LogP contribution >= 0.6 is 0 Å². The Morgan fingerprint density at radius 3 is 2.71 bits per heavy atom. The van der Waals surface area contributed by atoms with E-state index < -0.39 is 7.12 Å². The first kappa shape index (κ1) is 9.11. The van der Waals surface area contributed by atoms with Crippen LogP contribution in [0.25, 0.3) is 10.9 Å². The fourth-order valence-electron chi connectivity index (χ4n) is 1.39. The van der Waals surface area contributed by atoms with Gasteiger partial charge in [0.1, 0.15) is 5.75 Å². The maximum Gasteiger partial charge on any atom is 0.505 e. The van der Waals surface area contributed by atoms with Gasteiger partial charge >= 0.3 is 7.12 Å². The average Bonchev–Trinajstić information content (AvgIpc) is 2.59. The molecule has 3 N–H and O–H groups in total. The number of H-pyrrole nitrogens is 1. The van der Waals surface area contributed by atoms with Gasteiger partial charge in [-0.2, -0.15) is 0 Å². The lowest BCUT2D eigenvalue weighted by molar-refractivity contribution is 0.415. The molecule has 0 atom stereocenters. The molecule has 0 aliphatic heterocycles. The van der Waals surface area contributed by atoms with E-state index in [4.69, 9.17) is 14.8 Å². The molecule has 0 saturated heterocycles. The van der Waals surface area contributed by atoms with E-state index in [1.165, 1.54) is 0 Å². The van der Waals surface area contributed by atoms with Gasteiger partial charge in [0.05, 0.1) is 7.11 Å². The van der Waals surface area contributed by atoms with E-state index in [0.29, 0.717) is 5.59 Å². The van der Waals surface area contributed by atoms with Crippen LogP contribution in [0.5, 0.6) is 5.75 Å². The number of fused-ring (bicyclic) bond motifs is 1. The first-order valence-corrected chi connectivity index (χ1v) is 4.23. The Bertz CT molecular complexity index is 452. The highest BCUT2D eigenvalue weighted by Crippen LogP contribution is 2.18. The lowest BCUT2D eigenvalue weighted by atomic mass is 9.87. The first-order valence-electron chi connectivity index (χ1n) is 4.23. The van der Waals surface area contributed by atoms with Crippen molar-refractivity contribution in [1.82, 2.24) is 4.98 Å². The van der Waals surface area contributed by atoms with Gasteiger partial charge in [0, 0.05) is 17.2 Å². The lowest BCUT2D eigenvalue weighted by Gasteiger charge is -1.97. The number of aromatic amines is 1. The zero-order chi connectivity index (χ0) is 10.1. The van der Waals surface area contributed by atoms with Crippen LogP contribution < -0.4 is 10.3 Å². The molecule has 1 aromatic heterocycles. The number of aromatic nitrogens is 1. The SMILES string of the molecule is COc1ccc2cc(B(O)O)[nH]c2c1. The maximum absolute atomic E-state index is 8.94. The minimum absolute atomic E-state index is 0.383. The van der Waals surface area contributed by atoms with Crippen molar-refractivity contribution in [3.8, 4) is 5.75 Å². The van der Waals surface area contributed by atoms with E-state index in [-0.39, 0.29) is 0 Å². The van der Waals surface area contributed by atoms with Crippen LogP contribution in [0, 0.1) is 0 Å². The second kappa shape index (κ2) is 3.36. The number of methoxy groups -OCH3 is 1. The van der Waals surface area contributed by atoms with Crippen molar-refractivity contribution in [3.05, 3.63) is 24.3 Å². The molecule has 72 valence electrons. The molecule has 0 aliphatic carbocycles. The van der Waals surface area contributed by atoms with Gasteiger partial charge in [0.25, 0.3) is 0 Å². The first-order chi connectivity index (χ1) is 6.70. The Kier molecular flexibility index (Phi) is 2.19. The Hall–Kier alpha value is -1.46. The summed E-state index contributed by atoms with van der Waals surface area (Å²) in [5.41, 5.74) is 1.21. The summed E-state index contributed by atoms with van der Waals surface area (Å²) in [4.78, 5) is 2.89. The van der Waals surface area contributed by atoms with Crippen molar-refractivity contribution in [2.45, 2.75) is 0 Å². The number of benzene rings is 1. The van der Waals surface area contributed by atoms with E-state index in [1.807, 2.05) is 12.1 Å². The van der Waals surface area contributed by atoms with Gasteiger partial charge in [-0.3, -0.25) is 0 Å². The second-order valence-electron chi connectivity index (χ2n) is 3.05. The van der Waals surface area contributed by atoms with E-state index in [0.717, 1.165) is 16.7 Å². The van der Waals surface area contributed by atoms with Gasteiger partial charge in [0.15, 0.2) is 0 Å². The Balaban J connectivity index is 2.54. The molecule has 2 rings (SSSR count). The van der Waals surface area contributed by atoms with Crippen molar-refractivity contribution in [1.29, 1.82) is 0 Å². The molecule has 0 aliphatic rings. The zero-order valence-electron chi connectivity index (χ0n) is 7.69. The molecular formula is C9H10BNO3. The largest absolute Gasteiger partial charge is 0.505 e. The second-order valence-corrected chi connectivity index (χ2v) is 3.05.